The Morgan fingerprint density at radius 2 is 1.85 bits per heavy atom. The smallest absolute Gasteiger partial charge is 0.231 e. The van der Waals surface area contributed by atoms with Crippen LogP contribution in [0.15, 0.2) is 16.6 Å². The molecule has 0 unspecified atom stereocenters. The van der Waals surface area contributed by atoms with Crippen LogP contribution in [0.25, 0.3) is 0 Å². The van der Waals surface area contributed by atoms with Crippen LogP contribution in [-0.2, 0) is 6.54 Å². The summed E-state index contributed by atoms with van der Waals surface area (Å²) in [4.78, 5) is 0. The van der Waals surface area contributed by atoms with Crippen molar-refractivity contribution in [2.45, 2.75) is 39.2 Å². The number of halogens is 1. The molecule has 1 N–H and O–H groups in total. The van der Waals surface area contributed by atoms with Gasteiger partial charge in [-0.2, -0.15) is 0 Å². The van der Waals surface area contributed by atoms with E-state index < -0.39 is 0 Å². The predicted molar refractivity (Wildman–Crippen MR) is 83.1 cm³/mol. The van der Waals surface area contributed by atoms with Crippen molar-refractivity contribution in [1.82, 2.24) is 5.32 Å². The molecule has 1 heterocycles. The maximum atomic E-state index is 5.43. The standard InChI is InChI=1S/C16H22BrNO2/c1-11-2-4-12(5-3-11)8-18-9-13-6-15-16(7-14(13)17)20-10-19-15/h6-7,11-12,18H,2-5,8-10H2,1H3. The van der Waals surface area contributed by atoms with E-state index >= 15 is 0 Å². The van der Waals surface area contributed by atoms with Gasteiger partial charge in [-0.05, 0) is 48.9 Å². The first-order valence-corrected chi connectivity index (χ1v) is 8.30. The highest BCUT2D eigenvalue weighted by molar-refractivity contribution is 9.10. The van der Waals surface area contributed by atoms with Gasteiger partial charge < -0.3 is 14.8 Å². The first-order valence-electron chi connectivity index (χ1n) is 7.51. The Kier molecular flexibility index (Phi) is 4.51. The normalized spacial score (nSPS) is 24.9. The van der Waals surface area contributed by atoms with Gasteiger partial charge in [0.05, 0.1) is 0 Å². The highest BCUT2D eigenvalue weighted by Gasteiger charge is 2.19. The molecule has 1 aliphatic heterocycles. The van der Waals surface area contributed by atoms with E-state index in [-0.39, 0.29) is 0 Å². The number of nitrogens with one attached hydrogen (secondary N) is 1. The molecule has 0 saturated heterocycles. The summed E-state index contributed by atoms with van der Waals surface area (Å²) in [6, 6.07) is 4.07. The number of ether oxygens (including phenoxy) is 2. The molecule has 1 saturated carbocycles. The van der Waals surface area contributed by atoms with Gasteiger partial charge in [0.2, 0.25) is 6.79 Å². The van der Waals surface area contributed by atoms with Gasteiger partial charge >= 0.3 is 0 Å². The molecule has 110 valence electrons. The van der Waals surface area contributed by atoms with E-state index in [2.05, 4.69) is 34.2 Å². The average molecular weight is 340 g/mol. The summed E-state index contributed by atoms with van der Waals surface area (Å²) in [5.74, 6) is 3.46. The zero-order valence-corrected chi connectivity index (χ0v) is 13.5. The molecule has 2 aliphatic rings. The van der Waals surface area contributed by atoms with Gasteiger partial charge in [0.15, 0.2) is 11.5 Å². The fourth-order valence-corrected chi connectivity index (χ4v) is 3.50. The Balaban J connectivity index is 1.51. The van der Waals surface area contributed by atoms with Gasteiger partial charge in [0, 0.05) is 11.0 Å². The van der Waals surface area contributed by atoms with Crippen molar-refractivity contribution in [3.8, 4) is 11.5 Å². The van der Waals surface area contributed by atoms with Crippen molar-refractivity contribution in [1.29, 1.82) is 0 Å². The second-order valence-corrected chi connectivity index (χ2v) is 6.91. The van der Waals surface area contributed by atoms with E-state index in [1.54, 1.807) is 0 Å². The Labute approximate surface area is 129 Å². The molecular formula is C16H22BrNO2. The Morgan fingerprint density at radius 1 is 1.15 bits per heavy atom. The highest BCUT2D eigenvalue weighted by atomic mass is 79.9. The van der Waals surface area contributed by atoms with Gasteiger partial charge in [-0.1, -0.05) is 35.7 Å². The summed E-state index contributed by atoms with van der Waals surface area (Å²) in [5, 5.41) is 3.59. The monoisotopic (exact) mass is 339 g/mol. The number of hydrogen-bond donors (Lipinski definition) is 1. The maximum Gasteiger partial charge on any atom is 0.231 e. The van der Waals surface area contributed by atoms with Gasteiger partial charge in [0.25, 0.3) is 0 Å². The molecule has 1 aromatic rings. The summed E-state index contributed by atoms with van der Waals surface area (Å²) in [6.45, 7) is 4.70. The van der Waals surface area contributed by atoms with Crippen molar-refractivity contribution < 1.29 is 9.47 Å². The summed E-state index contributed by atoms with van der Waals surface area (Å²) >= 11 is 3.61. The SMILES string of the molecule is CC1CCC(CNCc2cc3c(cc2Br)OCO3)CC1. The zero-order valence-electron chi connectivity index (χ0n) is 12.0. The molecule has 0 bridgehead atoms. The van der Waals surface area contributed by atoms with Crippen LogP contribution in [0.3, 0.4) is 0 Å². The molecule has 3 nitrogen and oxygen atoms in total. The minimum Gasteiger partial charge on any atom is -0.454 e. The fourth-order valence-electron chi connectivity index (χ4n) is 3.04. The number of benzene rings is 1. The zero-order chi connectivity index (χ0) is 13.9. The average Bonchev–Trinajstić information content (AvgIpc) is 2.88. The molecule has 0 radical (unpaired) electrons. The molecule has 0 atom stereocenters. The third-order valence-electron chi connectivity index (χ3n) is 4.43. The van der Waals surface area contributed by atoms with E-state index in [4.69, 9.17) is 9.47 Å². The quantitative estimate of drug-likeness (QED) is 0.895. The van der Waals surface area contributed by atoms with E-state index in [9.17, 15) is 0 Å². The second kappa shape index (κ2) is 6.35. The number of hydrogen-bond acceptors (Lipinski definition) is 3. The molecule has 1 aromatic carbocycles. The molecule has 0 aromatic heterocycles. The van der Waals surface area contributed by atoms with Crippen molar-refractivity contribution in [3.05, 3.63) is 22.2 Å². The van der Waals surface area contributed by atoms with E-state index in [0.717, 1.165) is 40.9 Å². The lowest BCUT2D eigenvalue weighted by molar-refractivity contribution is 0.174. The minimum absolute atomic E-state index is 0.332. The molecule has 3 rings (SSSR count). The van der Waals surface area contributed by atoms with Crippen LogP contribution >= 0.6 is 15.9 Å². The fraction of sp³-hybridized carbons (Fsp3) is 0.625. The minimum atomic E-state index is 0.332. The van der Waals surface area contributed by atoms with Crippen LogP contribution in [0.4, 0.5) is 0 Å². The maximum absolute atomic E-state index is 5.43. The van der Waals surface area contributed by atoms with Gasteiger partial charge in [-0.15, -0.1) is 0 Å². The lowest BCUT2D eigenvalue weighted by Gasteiger charge is -2.26. The Hall–Kier alpha value is -0.740. The molecule has 1 fully saturated rings. The van der Waals surface area contributed by atoms with Crippen LogP contribution in [0.2, 0.25) is 0 Å². The summed E-state index contributed by atoms with van der Waals surface area (Å²) in [6.07, 6.45) is 5.52. The first kappa shape index (κ1) is 14.2. The number of fused-ring (bicyclic) bond motifs is 1. The van der Waals surface area contributed by atoms with Crippen molar-refractivity contribution in [2.75, 3.05) is 13.3 Å². The van der Waals surface area contributed by atoms with Gasteiger partial charge in [0.1, 0.15) is 0 Å². The van der Waals surface area contributed by atoms with Crippen molar-refractivity contribution in [2.24, 2.45) is 11.8 Å². The van der Waals surface area contributed by atoms with Crippen LogP contribution in [-0.4, -0.2) is 13.3 Å². The lowest BCUT2D eigenvalue weighted by Crippen LogP contribution is -2.25. The van der Waals surface area contributed by atoms with Gasteiger partial charge in [-0.3, -0.25) is 0 Å². The third-order valence-corrected chi connectivity index (χ3v) is 5.16. The lowest BCUT2D eigenvalue weighted by atomic mass is 9.83. The van der Waals surface area contributed by atoms with Crippen LogP contribution < -0.4 is 14.8 Å². The summed E-state index contributed by atoms with van der Waals surface area (Å²) < 4.78 is 11.9. The number of rotatable bonds is 4. The van der Waals surface area contributed by atoms with E-state index in [1.165, 1.54) is 31.2 Å². The largest absolute Gasteiger partial charge is 0.454 e. The van der Waals surface area contributed by atoms with Crippen LogP contribution in [0, 0.1) is 11.8 Å². The summed E-state index contributed by atoms with van der Waals surface area (Å²) in [5.41, 5.74) is 1.23. The van der Waals surface area contributed by atoms with Crippen molar-refractivity contribution in [3.63, 3.8) is 0 Å². The van der Waals surface area contributed by atoms with Crippen molar-refractivity contribution >= 4 is 15.9 Å². The van der Waals surface area contributed by atoms with Crippen LogP contribution in [0.1, 0.15) is 38.2 Å². The molecule has 0 amide bonds. The van der Waals surface area contributed by atoms with E-state index in [0.29, 0.717) is 6.79 Å². The first-order chi connectivity index (χ1) is 9.72. The second-order valence-electron chi connectivity index (χ2n) is 6.05. The summed E-state index contributed by atoms with van der Waals surface area (Å²) in [7, 11) is 0. The highest BCUT2D eigenvalue weighted by Crippen LogP contribution is 2.37. The topological polar surface area (TPSA) is 30.5 Å². The molecule has 0 spiro atoms. The third kappa shape index (κ3) is 3.29. The molecular weight excluding hydrogens is 318 g/mol. The van der Waals surface area contributed by atoms with E-state index in [1.807, 2.05) is 6.07 Å². The Bertz CT molecular complexity index is 470. The molecule has 4 heteroatoms. The Morgan fingerprint density at radius 3 is 2.60 bits per heavy atom. The predicted octanol–water partition coefficient (Wildman–Crippen LogP) is 4.09. The van der Waals surface area contributed by atoms with Crippen LogP contribution in [0.5, 0.6) is 11.5 Å². The van der Waals surface area contributed by atoms with Gasteiger partial charge in [-0.25, -0.2) is 0 Å². The molecule has 1 aliphatic carbocycles. The molecule has 20 heavy (non-hydrogen) atoms.